The van der Waals surface area contributed by atoms with Gasteiger partial charge in [0.15, 0.2) is 0 Å². The Morgan fingerprint density at radius 3 is 2.76 bits per heavy atom. The summed E-state index contributed by atoms with van der Waals surface area (Å²) in [6.45, 7) is 1.15. The molecule has 0 bridgehead atoms. The Morgan fingerprint density at radius 2 is 2.06 bits per heavy atom. The molecule has 0 aliphatic heterocycles. The van der Waals surface area contributed by atoms with Crippen LogP contribution in [0.3, 0.4) is 0 Å². The molecule has 3 nitrogen and oxygen atoms in total. The van der Waals surface area contributed by atoms with E-state index in [-0.39, 0.29) is 6.04 Å². The van der Waals surface area contributed by atoms with Crippen LogP contribution in [0.2, 0.25) is 0 Å². The summed E-state index contributed by atoms with van der Waals surface area (Å²) >= 11 is 1.81. The van der Waals surface area contributed by atoms with E-state index in [0.29, 0.717) is 13.2 Å². The normalized spacial score (nSPS) is 12.4. The molecule has 0 aliphatic rings. The minimum atomic E-state index is 0.0428. The third-order valence-corrected chi connectivity index (χ3v) is 3.14. The van der Waals surface area contributed by atoms with E-state index in [9.17, 15) is 0 Å². The molecule has 17 heavy (non-hydrogen) atoms. The molecule has 4 heteroatoms. The zero-order chi connectivity index (χ0) is 12.5. The van der Waals surface area contributed by atoms with Crippen LogP contribution in [-0.2, 0) is 4.74 Å². The molecule has 0 aliphatic carbocycles. The van der Waals surface area contributed by atoms with Gasteiger partial charge in [-0.05, 0) is 24.5 Å². The number of benzene rings is 1. The van der Waals surface area contributed by atoms with Crippen molar-refractivity contribution in [1.29, 1.82) is 0 Å². The average Bonchev–Trinajstić information content (AvgIpc) is 2.37. The SMILES string of the molecule is COCCOc1ccccc1C(N)CCSC. The summed E-state index contributed by atoms with van der Waals surface area (Å²) < 4.78 is 10.6. The van der Waals surface area contributed by atoms with Gasteiger partial charge < -0.3 is 15.2 Å². The van der Waals surface area contributed by atoms with Gasteiger partial charge in [-0.15, -0.1) is 0 Å². The number of hydrogen-bond acceptors (Lipinski definition) is 4. The van der Waals surface area contributed by atoms with Crippen LogP contribution in [0.4, 0.5) is 0 Å². The van der Waals surface area contributed by atoms with Crippen LogP contribution in [0.5, 0.6) is 5.75 Å². The Labute approximate surface area is 108 Å². The summed E-state index contributed by atoms with van der Waals surface area (Å²) in [6.07, 6.45) is 3.06. The van der Waals surface area contributed by atoms with E-state index in [4.69, 9.17) is 15.2 Å². The topological polar surface area (TPSA) is 44.5 Å². The molecule has 0 spiro atoms. The largest absolute Gasteiger partial charge is 0.491 e. The third kappa shape index (κ3) is 4.98. The average molecular weight is 255 g/mol. The minimum Gasteiger partial charge on any atom is -0.491 e. The van der Waals surface area contributed by atoms with Gasteiger partial charge in [0.2, 0.25) is 0 Å². The Morgan fingerprint density at radius 1 is 1.29 bits per heavy atom. The van der Waals surface area contributed by atoms with Crippen molar-refractivity contribution in [3.05, 3.63) is 29.8 Å². The van der Waals surface area contributed by atoms with E-state index in [0.717, 1.165) is 23.5 Å². The highest BCUT2D eigenvalue weighted by atomic mass is 32.2. The molecule has 1 rings (SSSR count). The monoisotopic (exact) mass is 255 g/mol. The molecule has 1 aromatic rings. The van der Waals surface area contributed by atoms with Crippen molar-refractivity contribution in [2.75, 3.05) is 32.3 Å². The van der Waals surface area contributed by atoms with Gasteiger partial charge in [0.1, 0.15) is 12.4 Å². The smallest absolute Gasteiger partial charge is 0.124 e. The van der Waals surface area contributed by atoms with Gasteiger partial charge in [-0.1, -0.05) is 18.2 Å². The van der Waals surface area contributed by atoms with Gasteiger partial charge >= 0.3 is 0 Å². The van der Waals surface area contributed by atoms with E-state index in [2.05, 4.69) is 6.26 Å². The second-order valence-corrected chi connectivity index (χ2v) is 4.75. The van der Waals surface area contributed by atoms with Crippen molar-refractivity contribution >= 4 is 11.8 Å². The van der Waals surface area contributed by atoms with E-state index >= 15 is 0 Å². The summed E-state index contributed by atoms with van der Waals surface area (Å²) in [4.78, 5) is 0. The van der Waals surface area contributed by atoms with Gasteiger partial charge in [-0.2, -0.15) is 11.8 Å². The summed E-state index contributed by atoms with van der Waals surface area (Å²) in [6, 6.07) is 8.00. The van der Waals surface area contributed by atoms with E-state index < -0.39 is 0 Å². The molecule has 2 N–H and O–H groups in total. The van der Waals surface area contributed by atoms with Crippen molar-refractivity contribution in [2.24, 2.45) is 5.73 Å². The first-order chi connectivity index (χ1) is 8.29. The fourth-order valence-corrected chi connectivity index (χ4v) is 2.04. The minimum absolute atomic E-state index is 0.0428. The van der Waals surface area contributed by atoms with Crippen molar-refractivity contribution in [3.8, 4) is 5.75 Å². The van der Waals surface area contributed by atoms with Crippen molar-refractivity contribution in [3.63, 3.8) is 0 Å². The highest BCUT2D eigenvalue weighted by Crippen LogP contribution is 2.26. The second kappa shape index (κ2) is 8.39. The lowest BCUT2D eigenvalue weighted by Gasteiger charge is -2.16. The van der Waals surface area contributed by atoms with Crippen molar-refractivity contribution in [1.82, 2.24) is 0 Å². The predicted molar refractivity (Wildman–Crippen MR) is 73.7 cm³/mol. The number of nitrogens with two attached hydrogens (primary N) is 1. The molecule has 1 atom stereocenters. The Bertz CT molecular complexity index is 320. The summed E-state index contributed by atoms with van der Waals surface area (Å²) in [5.74, 6) is 1.94. The molecule has 0 fully saturated rings. The van der Waals surface area contributed by atoms with Gasteiger partial charge in [-0.25, -0.2) is 0 Å². The Hall–Kier alpha value is -0.710. The van der Waals surface area contributed by atoms with Gasteiger partial charge in [0.05, 0.1) is 6.61 Å². The fraction of sp³-hybridized carbons (Fsp3) is 0.538. The number of thioether (sulfide) groups is 1. The molecule has 0 heterocycles. The van der Waals surface area contributed by atoms with Crippen LogP contribution >= 0.6 is 11.8 Å². The number of methoxy groups -OCH3 is 1. The number of para-hydroxylation sites is 1. The Balaban J connectivity index is 2.62. The zero-order valence-corrected chi connectivity index (χ0v) is 11.3. The van der Waals surface area contributed by atoms with Crippen molar-refractivity contribution in [2.45, 2.75) is 12.5 Å². The van der Waals surface area contributed by atoms with Crippen LogP contribution in [0.1, 0.15) is 18.0 Å². The van der Waals surface area contributed by atoms with Crippen LogP contribution in [0, 0.1) is 0 Å². The first kappa shape index (κ1) is 14.4. The molecule has 0 radical (unpaired) electrons. The van der Waals surface area contributed by atoms with Gasteiger partial charge in [0.25, 0.3) is 0 Å². The maximum Gasteiger partial charge on any atom is 0.124 e. The Kier molecular flexibility index (Phi) is 7.08. The lowest BCUT2D eigenvalue weighted by Crippen LogP contribution is -2.14. The fourth-order valence-electron chi connectivity index (χ4n) is 1.55. The zero-order valence-electron chi connectivity index (χ0n) is 10.5. The maximum absolute atomic E-state index is 6.16. The molecule has 96 valence electrons. The van der Waals surface area contributed by atoms with E-state index in [1.54, 1.807) is 7.11 Å². The molecular weight excluding hydrogens is 234 g/mol. The number of hydrogen-bond donors (Lipinski definition) is 1. The molecule has 0 saturated carbocycles. The molecular formula is C13H21NO2S. The number of rotatable bonds is 8. The maximum atomic E-state index is 6.16. The highest BCUT2D eigenvalue weighted by molar-refractivity contribution is 7.98. The quantitative estimate of drug-likeness (QED) is 0.725. The van der Waals surface area contributed by atoms with Crippen LogP contribution in [-0.4, -0.2) is 32.3 Å². The van der Waals surface area contributed by atoms with Crippen LogP contribution < -0.4 is 10.5 Å². The lowest BCUT2D eigenvalue weighted by atomic mass is 10.0. The first-order valence-electron chi connectivity index (χ1n) is 5.74. The molecule has 1 unspecified atom stereocenters. The summed E-state index contributed by atoms with van der Waals surface area (Å²) in [7, 11) is 1.67. The summed E-state index contributed by atoms with van der Waals surface area (Å²) in [5.41, 5.74) is 7.24. The second-order valence-electron chi connectivity index (χ2n) is 3.77. The van der Waals surface area contributed by atoms with Gasteiger partial charge in [-0.3, -0.25) is 0 Å². The third-order valence-electron chi connectivity index (χ3n) is 2.50. The molecule has 0 amide bonds. The molecule has 1 aromatic carbocycles. The highest BCUT2D eigenvalue weighted by Gasteiger charge is 2.11. The first-order valence-corrected chi connectivity index (χ1v) is 7.14. The number of ether oxygens (including phenoxy) is 2. The molecule has 0 saturated heterocycles. The van der Waals surface area contributed by atoms with Gasteiger partial charge in [0, 0.05) is 18.7 Å². The van der Waals surface area contributed by atoms with Crippen molar-refractivity contribution < 1.29 is 9.47 Å². The molecule has 0 aromatic heterocycles. The van der Waals surface area contributed by atoms with Crippen LogP contribution in [0.15, 0.2) is 24.3 Å². The summed E-state index contributed by atoms with van der Waals surface area (Å²) in [5, 5.41) is 0. The van der Waals surface area contributed by atoms with E-state index in [1.807, 2.05) is 36.0 Å². The lowest BCUT2D eigenvalue weighted by molar-refractivity contribution is 0.145. The predicted octanol–water partition coefficient (Wildman–Crippen LogP) is 2.46. The van der Waals surface area contributed by atoms with Crippen LogP contribution in [0.25, 0.3) is 0 Å². The van der Waals surface area contributed by atoms with E-state index in [1.165, 1.54) is 0 Å². The standard InChI is InChI=1S/C13H21NO2S/c1-15-8-9-16-13-6-4-3-5-11(13)12(14)7-10-17-2/h3-6,12H,7-10,14H2,1-2H3.